The van der Waals surface area contributed by atoms with Crippen molar-refractivity contribution in [3.63, 3.8) is 0 Å². The van der Waals surface area contributed by atoms with Crippen LogP contribution < -0.4 is 10.2 Å². The van der Waals surface area contributed by atoms with Gasteiger partial charge in [0.05, 0.1) is 11.7 Å². The lowest BCUT2D eigenvalue weighted by molar-refractivity contribution is 0.628. The number of likely N-dealkylation sites (N-methyl/N-ethyl adjacent to an activating group) is 2. The molecular weight excluding hydrogens is 216 g/mol. The number of fused-ring (bicyclic) bond motifs is 1. The molecule has 1 unspecified atom stereocenters. The third kappa shape index (κ3) is 1.94. The van der Waals surface area contributed by atoms with Crippen molar-refractivity contribution in [1.82, 2.24) is 5.32 Å². The van der Waals surface area contributed by atoms with Crippen LogP contribution in [-0.2, 0) is 0 Å². The second kappa shape index (κ2) is 4.68. The van der Waals surface area contributed by atoms with Gasteiger partial charge < -0.3 is 10.2 Å². The van der Waals surface area contributed by atoms with Crippen LogP contribution in [0.4, 0.5) is 5.69 Å². The summed E-state index contributed by atoms with van der Waals surface area (Å²) in [5, 5.41) is 3.28. The largest absolute Gasteiger partial charge is 0.368 e. The van der Waals surface area contributed by atoms with Crippen LogP contribution in [0.25, 0.3) is 0 Å². The molecule has 2 nitrogen and oxygen atoms in total. The molecule has 16 heavy (non-hydrogen) atoms. The Morgan fingerprint density at radius 2 is 2.19 bits per heavy atom. The fraction of sp³-hybridized carbons (Fsp3) is 0.538. The van der Waals surface area contributed by atoms with Crippen molar-refractivity contribution >= 4 is 17.4 Å². The molecule has 1 heterocycles. The highest BCUT2D eigenvalue weighted by Crippen LogP contribution is 2.39. The zero-order valence-corrected chi connectivity index (χ0v) is 11.3. The van der Waals surface area contributed by atoms with Crippen LogP contribution in [0.1, 0.15) is 11.1 Å². The minimum Gasteiger partial charge on any atom is -0.368 e. The van der Waals surface area contributed by atoms with Gasteiger partial charge in [0, 0.05) is 24.2 Å². The molecule has 0 amide bonds. The number of hydrogen-bond acceptors (Lipinski definition) is 3. The maximum absolute atomic E-state index is 3.28. The molecule has 1 aliphatic heterocycles. The molecule has 0 saturated carbocycles. The standard InChI is InChI=1S/C13H20N2S/c1-9-5-6-12-13(10(9)2)15(4)11(7-14-3)8-16-12/h5-6,11,14H,7-8H2,1-4H3. The Hall–Kier alpha value is -0.670. The number of thioether (sulfide) groups is 1. The fourth-order valence-corrected chi connectivity index (χ4v) is 3.55. The number of nitrogens with one attached hydrogen (secondary N) is 1. The average Bonchev–Trinajstić information content (AvgIpc) is 2.27. The predicted molar refractivity (Wildman–Crippen MR) is 72.8 cm³/mol. The molecule has 0 radical (unpaired) electrons. The van der Waals surface area contributed by atoms with Gasteiger partial charge in [-0.05, 0) is 38.1 Å². The SMILES string of the molecule is CNCC1CSc2ccc(C)c(C)c2N1C. The highest BCUT2D eigenvalue weighted by molar-refractivity contribution is 7.99. The molecule has 0 saturated heterocycles. The summed E-state index contributed by atoms with van der Waals surface area (Å²) in [5.74, 6) is 1.17. The molecule has 3 heteroatoms. The van der Waals surface area contributed by atoms with Gasteiger partial charge in [0.1, 0.15) is 0 Å². The predicted octanol–water partition coefficient (Wildman–Crippen LogP) is 2.43. The van der Waals surface area contributed by atoms with E-state index in [9.17, 15) is 0 Å². The number of benzene rings is 1. The van der Waals surface area contributed by atoms with E-state index < -0.39 is 0 Å². The molecule has 0 aromatic heterocycles. The smallest absolute Gasteiger partial charge is 0.0537 e. The van der Waals surface area contributed by atoms with Crippen LogP contribution in [0, 0.1) is 13.8 Å². The van der Waals surface area contributed by atoms with Crippen molar-refractivity contribution in [2.75, 3.05) is 31.3 Å². The molecular formula is C13H20N2S. The second-order valence-electron chi connectivity index (χ2n) is 4.49. The van der Waals surface area contributed by atoms with Crippen LogP contribution in [-0.4, -0.2) is 32.4 Å². The number of aryl methyl sites for hydroxylation is 1. The van der Waals surface area contributed by atoms with E-state index in [0.717, 1.165) is 6.54 Å². The summed E-state index contributed by atoms with van der Waals surface area (Å²) >= 11 is 1.98. The molecule has 1 atom stereocenters. The van der Waals surface area contributed by atoms with E-state index in [1.165, 1.54) is 27.5 Å². The highest BCUT2D eigenvalue weighted by atomic mass is 32.2. The van der Waals surface area contributed by atoms with Gasteiger partial charge in [0.15, 0.2) is 0 Å². The Bertz CT molecular complexity index is 390. The normalized spacial score (nSPS) is 19.8. The Morgan fingerprint density at radius 3 is 2.88 bits per heavy atom. The monoisotopic (exact) mass is 236 g/mol. The van der Waals surface area contributed by atoms with Crippen molar-refractivity contribution in [2.24, 2.45) is 0 Å². The van der Waals surface area contributed by atoms with Gasteiger partial charge in [-0.3, -0.25) is 0 Å². The first-order valence-corrected chi connectivity index (χ1v) is 6.74. The van der Waals surface area contributed by atoms with Crippen LogP contribution in [0.5, 0.6) is 0 Å². The lowest BCUT2D eigenvalue weighted by Gasteiger charge is -2.37. The van der Waals surface area contributed by atoms with Gasteiger partial charge >= 0.3 is 0 Å². The molecule has 0 spiro atoms. The first-order chi connectivity index (χ1) is 7.65. The number of hydrogen-bond donors (Lipinski definition) is 1. The van der Waals surface area contributed by atoms with Gasteiger partial charge in [-0.1, -0.05) is 6.07 Å². The van der Waals surface area contributed by atoms with E-state index in [1.807, 2.05) is 18.8 Å². The molecule has 1 aromatic carbocycles. The maximum atomic E-state index is 3.28. The summed E-state index contributed by atoms with van der Waals surface area (Å²) in [4.78, 5) is 3.86. The number of rotatable bonds is 2. The minimum atomic E-state index is 0.600. The van der Waals surface area contributed by atoms with Gasteiger partial charge in [-0.15, -0.1) is 11.8 Å². The molecule has 0 aliphatic carbocycles. The summed E-state index contributed by atoms with van der Waals surface area (Å²) in [7, 11) is 4.24. The summed E-state index contributed by atoms with van der Waals surface area (Å²) in [6.45, 7) is 5.47. The average molecular weight is 236 g/mol. The van der Waals surface area contributed by atoms with Crippen molar-refractivity contribution in [2.45, 2.75) is 24.8 Å². The highest BCUT2D eigenvalue weighted by Gasteiger charge is 2.25. The first-order valence-electron chi connectivity index (χ1n) is 5.75. The van der Waals surface area contributed by atoms with E-state index in [4.69, 9.17) is 0 Å². The van der Waals surface area contributed by atoms with Crippen LogP contribution in [0.2, 0.25) is 0 Å². The Labute approximate surface area is 102 Å². The quantitative estimate of drug-likeness (QED) is 0.849. The zero-order chi connectivity index (χ0) is 11.7. The van der Waals surface area contributed by atoms with Crippen molar-refractivity contribution < 1.29 is 0 Å². The lowest BCUT2D eigenvalue weighted by atomic mass is 10.1. The molecule has 1 N–H and O–H groups in total. The Morgan fingerprint density at radius 1 is 1.44 bits per heavy atom. The van der Waals surface area contributed by atoms with E-state index in [-0.39, 0.29) is 0 Å². The maximum Gasteiger partial charge on any atom is 0.0537 e. The van der Waals surface area contributed by atoms with Gasteiger partial charge in [0.25, 0.3) is 0 Å². The molecule has 0 fully saturated rings. The van der Waals surface area contributed by atoms with Crippen LogP contribution in [0.15, 0.2) is 17.0 Å². The summed E-state index contributed by atoms with van der Waals surface area (Å²) in [6.07, 6.45) is 0. The topological polar surface area (TPSA) is 15.3 Å². The van der Waals surface area contributed by atoms with E-state index in [1.54, 1.807) is 0 Å². The third-order valence-corrected chi connectivity index (χ3v) is 4.63. The summed E-state index contributed by atoms with van der Waals surface area (Å²) in [5.41, 5.74) is 4.24. The molecule has 1 aliphatic rings. The van der Waals surface area contributed by atoms with Crippen molar-refractivity contribution in [1.29, 1.82) is 0 Å². The third-order valence-electron chi connectivity index (χ3n) is 3.44. The van der Waals surface area contributed by atoms with E-state index >= 15 is 0 Å². The van der Waals surface area contributed by atoms with E-state index in [0.29, 0.717) is 6.04 Å². The first kappa shape index (κ1) is 11.8. The van der Waals surface area contributed by atoms with E-state index in [2.05, 4.69) is 43.2 Å². The molecule has 88 valence electrons. The molecule has 2 rings (SSSR count). The molecule has 0 bridgehead atoms. The van der Waals surface area contributed by atoms with Crippen LogP contribution in [0.3, 0.4) is 0 Å². The van der Waals surface area contributed by atoms with Crippen molar-refractivity contribution in [3.8, 4) is 0 Å². The summed E-state index contributed by atoms with van der Waals surface area (Å²) < 4.78 is 0. The molecule has 1 aromatic rings. The van der Waals surface area contributed by atoms with Gasteiger partial charge in [-0.25, -0.2) is 0 Å². The van der Waals surface area contributed by atoms with Crippen molar-refractivity contribution in [3.05, 3.63) is 23.3 Å². The lowest BCUT2D eigenvalue weighted by Crippen LogP contribution is -2.43. The number of anilines is 1. The minimum absolute atomic E-state index is 0.600. The summed E-state index contributed by atoms with van der Waals surface area (Å²) in [6, 6.07) is 5.09. The van der Waals surface area contributed by atoms with Gasteiger partial charge in [0.2, 0.25) is 0 Å². The Balaban J connectivity index is 2.38. The van der Waals surface area contributed by atoms with Crippen LogP contribution >= 0.6 is 11.8 Å². The second-order valence-corrected chi connectivity index (χ2v) is 5.55. The fourth-order valence-electron chi connectivity index (χ4n) is 2.24. The number of nitrogens with zero attached hydrogens (tertiary/aromatic N) is 1. The van der Waals surface area contributed by atoms with Gasteiger partial charge in [-0.2, -0.15) is 0 Å². The zero-order valence-electron chi connectivity index (χ0n) is 10.5. The Kier molecular flexibility index (Phi) is 3.45.